The molecule has 1 N–H and O–H groups in total. The van der Waals surface area contributed by atoms with Gasteiger partial charge in [-0.25, -0.2) is 14.6 Å². The first-order valence-electron chi connectivity index (χ1n) is 8.01. The molecule has 0 bridgehead atoms. The summed E-state index contributed by atoms with van der Waals surface area (Å²) in [6, 6.07) is 2.70. The fourth-order valence-corrected chi connectivity index (χ4v) is 3.01. The topological polar surface area (TPSA) is 97.8 Å². The van der Waals surface area contributed by atoms with Crippen molar-refractivity contribution < 1.29 is 23.9 Å². The summed E-state index contributed by atoms with van der Waals surface area (Å²) in [4.78, 5) is 41.1. The largest absolute Gasteiger partial charge is 0.464 e. The minimum absolute atomic E-state index is 0.0224. The number of nitrogens with zero attached hydrogens (tertiary/aromatic N) is 2. The lowest BCUT2D eigenvalue weighted by molar-refractivity contribution is 0.0593. The van der Waals surface area contributed by atoms with E-state index in [9.17, 15) is 14.4 Å². The first kappa shape index (κ1) is 19.8. The highest BCUT2D eigenvalue weighted by atomic mass is 32.1. The molecule has 2 rings (SSSR count). The molecule has 0 spiro atoms. The summed E-state index contributed by atoms with van der Waals surface area (Å²) in [5.41, 5.74) is 0.424. The third-order valence-corrected chi connectivity index (χ3v) is 4.24. The number of hydrogen-bond donors (Lipinski definition) is 2. The van der Waals surface area contributed by atoms with Crippen molar-refractivity contribution in [2.45, 2.75) is 17.7 Å². The Bertz CT molecular complexity index is 679. The summed E-state index contributed by atoms with van der Waals surface area (Å²) in [5, 5.41) is 2.79. The van der Waals surface area contributed by atoms with Crippen molar-refractivity contribution in [2.75, 3.05) is 26.8 Å². The van der Waals surface area contributed by atoms with E-state index in [2.05, 4.69) is 34.2 Å². The van der Waals surface area contributed by atoms with Crippen LogP contribution in [0.5, 0.6) is 0 Å². The van der Waals surface area contributed by atoms with Crippen LogP contribution < -0.4 is 5.32 Å². The molecule has 0 radical (unpaired) electrons. The normalized spacial score (nSPS) is 18.9. The zero-order valence-corrected chi connectivity index (χ0v) is 15.3. The van der Waals surface area contributed by atoms with Crippen LogP contribution in [0.15, 0.2) is 31.0 Å². The Morgan fingerprint density at radius 1 is 1.46 bits per heavy atom. The van der Waals surface area contributed by atoms with Gasteiger partial charge in [0.1, 0.15) is 12.3 Å². The fraction of sp³-hybridized carbons (Fsp3) is 0.412. The third kappa shape index (κ3) is 4.98. The summed E-state index contributed by atoms with van der Waals surface area (Å²) in [6.07, 6.45) is 2.98. The lowest BCUT2D eigenvalue weighted by Crippen LogP contribution is -2.43. The van der Waals surface area contributed by atoms with Gasteiger partial charge in [-0.15, -0.1) is 0 Å². The predicted octanol–water partition coefficient (Wildman–Crippen LogP) is 1.29. The molecule has 1 aromatic rings. The lowest BCUT2D eigenvalue weighted by atomic mass is 10.2. The van der Waals surface area contributed by atoms with E-state index in [-0.39, 0.29) is 36.0 Å². The average Bonchev–Trinajstić information content (AvgIpc) is 3.04. The molecule has 9 heteroatoms. The maximum absolute atomic E-state index is 12.2. The number of pyridine rings is 1. The van der Waals surface area contributed by atoms with Gasteiger partial charge in [0.25, 0.3) is 5.91 Å². The molecule has 1 aromatic heterocycles. The molecular weight excluding hydrogens is 358 g/mol. The maximum Gasteiger partial charge on any atom is 0.410 e. The number of nitrogens with one attached hydrogen (secondary N) is 1. The summed E-state index contributed by atoms with van der Waals surface area (Å²) in [6.45, 7) is 4.35. The molecule has 0 saturated carbocycles. The predicted molar refractivity (Wildman–Crippen MR) is 97.3 cm³/mol. The minimum atomic E-state index is -0.573. The molecule has 0 unspecified atom stereocenters. The van der Waals surface area contributed by atoms with Crippen molar-refractivity contribution in [3.8, 4) is 0 Å². The van der Waals surface area contributed by atoms with Crippen LogP contribution in [0.25, 0.3) is 0 Å². The molecule has 0 aliphatic carbocycles. The molecule has 0 aromatic carbocycles. The molecule has 1 aliphatic rings. The van der Waals surface area contributed by atoms with Gasteiger partial charge >= 0.3 is 12.1 Å². The number of ether oxygens (including phenoxy) is 2. The average molecular weight is 379 g/mol. The molecule has 8 nitrogen and oxygen atoms in total. The number of carbonyl (C=O) groups excluding carboxylic acids is 3. The number of aromatic nitrogens is 1. The zero-order chi connectivity index (χ0) is 19.1. The lowest BCUT2D eigenvalue weighted by Gasteiger charge is -2.23. The SMILES string of the molecule is C=CCOC(=O)N1C[C@@H](S)C[C@H]1CNC(=O)c1ccc(C(=O)OC)nc1. The monoisotopic (exact) mass is 379 g/mol. The van der Waals surface area contributed by atoms with Crippen LogP contribution in [0.2, 0.25) is 0 Å². The summed E-state index contributed by atoms with van der Waals surface area (Å²) in [7, 11) is 1.26. The van der Waals surface area contributed by atoms with Crippen molar-refractivity contribution in [2.24, 2.45) is 0 Å². The highest BCUT2D eigenvalue weighted by Crippen LogP contribution is 2.22. The number of thiol groups is 1. The van der Waals surface area contributed by atoms with Crippen LogP contribution >= 0.6 is 12.6 Å². The van der Waals surface area contributed by atoms with Gasteiger partial charge in [0.15, 0.2) is 0 Å². The van der Waals surface area contributed by atoms with E-state index in [1.54, 1.807) is 4.90 Å². The Morgan fingerprint density at radius 3 is 2.85 bits per heavy atom. The molecule has 2 heterocycles. The van der Waals surface area contributed by atoms with Gasteiger partial charge in [-0.2, -0.15) is 12.6 Å². The summed E-state index contributed by atoms with van der Waals surface area (Å²) < 4.78 is 9.62. The summed E-state index contributed by atoms with van der Waals surface area (Å²) in [5.74, 6) is -0.924. The van der Waals surface area contributed by atoms with Crippen LogP contribution in [0.4, 0.5) is 4.79 Å². The van der Waals surface area contributed by atoms with E-state index >= 15 is 0 Å². The second-order valence-corrected chi connectivity index (χ2v) is 6.43. The number of amides is 2. The Balaban J connectivity index is 1.93. The van der Waals surface area contributed by atoms with Gasteiger partial charge in [-0.05, 0) is 18.6 Å². The number of methoxy groups -OCH3 is 1. The second-order valence-electron chi connectivity index (χ2n) is 5.70. The van der Waals surface area contributed by atoms with E-state index in [0.29, 0.717) is 18.5 Å². The Labute approximate surface area is 157 Å². The van der Waals surface area contributed by atoms with E-state index in [0.717, 1.165) is 0 Å². The molecule has 1 saturated heterocycles. The standard InChI is InChI=1S/C17H21N3O5S/c1-3-6-25-17(23)20-10-13(26)7-12(20)9-19-15(21)11-4-5-14(18-8-11)16(22)24-2/h3-5,8,12-13,26H,1,6-7,9-10H2,2H3,(H,19,21)/t12-,13-/m0/s1. The molecular formula is C17H21N3O5S. The van der Waals surface area contributed by atoms with E-state index in [4.69, 9.17) is 4.74 Å². The van der Waals surface area contributed by atoms with Crippen molar-refractivity contribution >= 4 is 30.6 Å². The first-order valence-corrected chi connectivity index (χ1v) is 8.52. The Kier molecular flexibility index (Phi) is 7.02. The number of esters is 1. The van der Waals surface area contributed by atoms with E-state index in [1.807, 2.05) is 0 Å². The van der Waals surface area contributed by atoms with Crippen LogP contribution in [0, 0.1) is 0 Å². The summed E-state index contributed by atoms with van der Waals surface area (Å²) >= 11 is 4.41. The molecule has 1 fully saturated rings. The molecule has 26 heavy (non-hydrogen) atoms. The van der Waals surface area contributed by atoms with Crippen molar-refractivity contribution in [3.05, 3.63) is 42.2 Å². The molecule has 140 valence electrons. The van der Waals surface area contributed by atoms with Crippen LogP contribution in [0.3, 0.4) is 0 Å². The number of likely N-dealkylation sites (tertiary alicyclic amines) is 1. The number of carbonyl (C=O) groups is 3. The number of rotatable bonds is 6. The van der Waals surface area contributed by atoms with E-state index < -0.39 is 12.1 Å². The minimum Gasteiger partial charge on any atom is -0.464 e. The fourth-order valence-electron chi connectivity index (χ4n) is 2.59. The molecule has 2 amide bonds. The van der Waals surface area contributed by atoms with Gasteiger partial charge < -0.3 is 19.7 Å². The van der Waals surface area contributed by atoms with Gasteiger partial charge in [-0.3, -0.25) is 4.79 Å². The van der Waals surface area contributed by atoms with Crippen LogP contribution in [0.1, 0.15) is 27.3 Å². The second kappa shape index (κ2) is 9.23. The highest BCUT2D eigenvalue weighted by Gasteiger charge is 2.34. The van der Waals surface area contributed by atoms with Crippen LogP contribution in [-0.4, -0.2) is 66.0 Å². The quantitative estimate of drug-likeness (QED) is 0.439. The van der Waals surface area contributed by atoms with Crippen molar-refractivity contribution in [3.63, 3.8) is 0 Å². The molecule has 1 aliphatic heterocycles. The number of hydrogen-bond acceptors (Lipinski definition) is 7. The maximum atomic E-state index is 12.2. The highest BCUT2D eigenvalue weighted by molar-refractivity contribution is 7.81. The van der Waals surface area contributed by atoms with E-state index in [1.165, 1.54) is 31.5 Å². The van der Waals surface area contributed by atoms with Crippen LogP contribution in [-0.2, 0) is 9.47 Å². The molecule has 2 atom stereocenters. The van der Waals surface area contributed by atoms with Gasteiger partial charge in [0.2, 0.25) is 0 Å². The first-order chi connectivity index (χ1) is 12.5. The van der Waals surface area contributed by atoms with Gasteiger partial charge in [-0.1, -0.05) is 12.7 Å². The third-order valence-electron chi connectivity index (χ3n) is 3.87. The van der Waals surface area contributed by atoms with Gasteiger partial charge in [0.05, 0.1) is 18.7 Å². The smallest absolute Gasteiger partial charge is 0.410 e. The Morgan fingerprint density at radius 2 is 2.23 bits per heavy atom. The van der Waals surface area contributed by atoms with Crippen molar-refractivity contribution in [1.82, 2.24) is 15.2 Å². The zero-order valence-electron chi connectivity index (χ0n) is 14.4. The Hall–Kier alpha value is -2.55. The van der Waals surface area contributed by atoms with Crippen molar-refractivity contribution in [1.29, 1.82) is 0 Å². The van der Waals surface area contributed by atoms with Gasteiger partial charge in [0, 0.05) is 24.5 Å².